The molecule has 1 heterocycles. The monoisotopic (exact) mass is 378 g/mol. The van der Waals surface area contributed by atoms with Crippen molar-refractivity contribution in [2.75, 3.05) is 7.11 Å². The Morgan fingerprint density at radius 1 is 1.29 bits per heavy atom. The smallest absolute Gasteiger partial charge is 0.244 e. The van der Waals surface area contributed by atoms with Crippen molar-refractivity contribution in [3.8, 4) is 11.5 Å². The molecule has 0 aliphatic rings. The van der Waals surface area contributed by atoms with Crippen molar-refractivity contribution in [2.24, 2.45) is 0 Å². The van der Waals surface area contributed by atoms with E-state index in [0.29, 0.717) is 18.0 Å². The predicted octanol–water partition coefficient (Wildman–Crippen LogP) is 2.68. The third kappa shape index (κ3) is 5.20. The number of hydrogen-bond donors (Lipinski definition) is 2. The standard InChI is InChI=1S/C21H22N4O3/c1-15-4-3-5-17(10-15)13-25-14-18(23-24-25)12-22-21(27)9-7-16-6-8-19(26)20(11-16)28-2/h3-11,14,26H,12-13H2,1-2H3,(H,22,27)/b9-7+. The zero-order valence-electron chi connectivity index (χ0n) is 15.8. The van der Waals surface area contributed by atoms with Crippen LogP contribution in [0.25, 0.3) is 6.08 Å². The highest BCUT2D eigenvalue weighted by molar-refractivity contribution is 5.91. The molecule has 0 saturated carbocycles. The number of carbonyl (C=O) groups is 1. The van der Waals surface area contributed by atoms with Crippen LogP contribution in [-0.4, -0.2) is 33.1 Å². The van der Waals surface area contributed by atoms with Gasteiger partial charge in [0.15, 0.2) is 11.5 Å². The molecule has 144 valence electrons. The van der Waals surface area contributed by atoms with Gasteiger partial charge in [-0.05, 0) is 36.3 Å². The number of aromatic nitrogens is 3. The number of carbonyl (C=O) groups excluding carboxylic acids is 1. The molecule has 3 aromatic rings. The lowest BCUT2D eigenvalue weighted by atomic mass is 10.1. The number of phenolic OH excluding ortho intramolecular Hbond substituents is 1. The number of methoxy groups -OCH3 is 1. The molecule has 0 atom stereocenters. The number of rotatable bonds is 7. The number of amides is 1. The molecule has 0 bridgehead atoms. The molecule has 1 aromatic heterocycles. The molecule has 0 aliphatic heterocycles. The van der Waals surface area contributed by atoms with Gasteiger partial charge < -0.3 is 15.2 Å². The molecular formula is C21H22N4O3. The Bertz CT molecular complexity index is 995. The van der Waals surface area contributed by atoms with E-state index in [1.165, 1.54) is 24.8 Å². The quantitative estimate of drug-likeness (QED) is 0.617. The van der Waals surface area contributed by atoms with Crippen molar-refractivity contribution in [2.45, 2.75) is 20.0 Å². The SMILES string of the molecule is COc1cc(/C=C/C(=O)NCc2cn(Cc3cccc(C)c3)nn2)ccc1O. The molecule has 0 unspecified atom stereocenters. The van der Waals surface area contributed by atoms with Gasteiger partial charge in [0.25, 0.3) is 0 Å². The fraction of sp³-hybridized carbons (Fsp3) is 0.190. The molecule has 28 heavy (non-hydrogen) atoms. The molecule has 0 saturated heterocycles. The Hall–Kier alpha value is -3.61. The number of aryl methyl sites for hydroxylation is 1. The third-order valence-electron chi connectivity index (χ3n) is 4.09. The van der Waals surface area contributed by atoms with Crippen LogP contribution in [0.2, 0.25) is 0 Å². The number of nitrogens with zero attached hydrogens (tertiary/aromatic N) is 3. The minimum atomic E-state index is -0.250. The van der Waals surface area contributed by atoms with E-state index in [1.54, 1.807) is 22.9 Å². The van der Waals surface area contributed by atoms with Gasteiger partial charge >= 0.3 is 0 Å². The topological polar surface area (TPSA) is 89.3 Å². The summed E-state index contributed by atoms with van der Waals surface area (Å²) in [7, 11) is 1.47. The summed E-state index contributed by atoms with van der Waals surface area (Å²) >= 11 is 0. The Morgan fingerprint density at radius 3 is 2.93 bits per heavy atom. The second kappa shape index (κ2) is 8.85. The van der Waals surface area contributed by atoms with E-state index in [4.69, 9.17) is 4.74 Å². The van der Waals surface area contributed by atoms with Gasteiger partial charge in [0, 0.05) is 6.08 Å². The molecule has 2 N–H and O–H groups in total. The Kier molecular flexibility index (Phi) is 6.06. The normalized spacial score (nSPS) is 10.9. The van der Waals surface area contributed by atoms with Gasteiger partial charge in [-0.2, -0.15) is 0 Å². The first kappa shape index (κ1) is 19.2. The van der Waals surface area contributed by atoms with Gasteiger partial charge in [-0.15, -0.1) is 5.10 Å². The lowest BCUT2D eigenvalue weighted by Gasteiger charge is -2.03. The van der Waals surface area contributed by atoms with E-state index < -0.39 is 0 Å². The maximum Gasteiger partial charge on any atom is 0.244 e. The number of ether oxygens (including phenoxy) is 1. The molecule has 0 fully saturated rings. The van der Waals surface area contributed by atoms with Crippen LogP contribution in [0.15, 0.2) is 54.7 Å². The molecule has 3 rings (SSSR count). The first-order valence-corrected chi connectivity index (χ1v) is 8.81. The van der Waals surface area contributed by atoms with Crippen LogP contribution >= 0.6 is 0 Å². The van der Waals surface area contributed by atoms with E-state index in [0.717, 1.165) is 11.1 Å². The number of aromatic hydroxyl groups is 1. The minimum absolute atomic E-state index is 0.0536. The van der Waals surface area contributed by atoms with Gasteiger partial charge in [0.2, 0.25) is 5.91 Å². The van der Waals surface area contributed by atoms with Crippen LogP contribution < -0.4 is 10.1 Å². The maximum atomic E-state index is 12.0. The number of nitrogens with one attached hydrogen (secondary N) is 1. The number of phenols is 1. The summed E-state index contributed by atoms with van der Waals surface area (Å²) in [5, 5.41) is 20.5. The summed E-state index contributed by atoms with van der Waals surface area (Å²) in [6.07, 6.45) is 4.88. The fourth-order valence-electron chi connectivity index (χ4n) is 2.70. The van der Waals surface area contributed by atoms with Crippen LogP contribution in [0, 0.1) is 6.92 Å². The fourth-order valence-corrected chi connectivity index (χ4v) is 2.70. The molecule has 2 aromatic carbocycles. The Morgan fingerprint density at radius 2 is 2.14 bits per heavy atom. The molecule has 0 aliphatic carbocycles. The highest BCUT2D eigenvalue weighted by atomic mass is 16.5. The summed E-state index contributed by atoms with van der Waals surface area (Å²) < 4.78 is 6.79. The summed E-state index contributed by atoms with van der Waals surface area (Å²) in [6.45, 7) is 2.97. The molecule has 0 spiro atoms. The molecule has 7 nitrogen and oxygen atoms in total. The highest BCUT2D eigenvalue weighted by Gasteiger charge is 2.04. The Labute approximate surface area is 163 Å². The summed E-state index contributed by atoms with van der Waals surface area (Å²) in [6, 6.07) is 13.1. The van der Waals surface area contributed by atoms with E-state index in [1.807, 2.05) is 31.3 Å². The van der Waals surface area contributed by atoms with Crippen molar-refractivity contribution in [1.29, 1.82) is 0 Å². The molecule has 7 heteroatoms. The number of hydrogen-bond acceptors (Lipinski definition) is 5. The summed E-state index contributed by atoms with van der Waals surface area (Å²) in [5.41, 5.74) is 3.77. The summed E-state index contributed by atoms with van der Waals surface area (Å²) in [4.78, 5) is 12.0. The van der Waals surface area contributed by atoms with Crippen molar-refractivity contribution in [3.05, 3.63) is 77.1 Å². The van der Waals surface area contributed by atoms with Gasteiger partial charge in [0.05, 0.1) is 26.4 Å². The highest BCUT2D eigenvalue weighted by Crippen LogP contribution is 2.26. The molecule has 0 radical (unpaired) electrons. The van der Waals surface area contributed by atoms with Crippen molar-refractivity contribution < 1.29 is 14.6 Å². The average Bonchev–Trinajstić information content (AvgIpc) is 3.13. The zero-order valence-corrected chi connectivity index (χ0v) is 15.8. The van der Waals surface area contributed by atoms with Gasteiger partial charge in [-0.3, -0.25) is 4.79 Å². The first-order chi connectivity index (χ1) is 13.5. The Balaban J connectivity index is 1.53. The largest absolute Gasteiger partial charge is 0.504 e. The van der Waals surface area contributed by atoms with Crippen LogP contribution in [0.3, 0.4) is 0 Å². The van der Waals surface area contributed by atoms with Gasteiger partial charge in [0.1, 0.15) is 5.69 Å². The van der Waals surface area contributed by atoms with Crippen LogP contribution in [0.1, 0.15) is 22.4 Å². The van der Waals surface area contributed by atoms with Gasteiger partial charge in [-0.25, -0.2) is 4.68 Å². The minimum Gasteiger partial charge on any atom is -0.504 e. The van der Waals surface area contributed by atoms with Gasteiger partial charge in [-0.1, -0.05) is 41.1 Å². The van der Waals surface area contributed by atoms with E-state index in [2.05, 4.69) is 21.7 Å². The first-order valence-electron chi connectivity index (χ1n) is 8.81. The zero-order chi connectivity index (χ0) is 19.9. The van der Waals surface area contributed by atoms with E-state index >= 15 is 0 Å². The third-order valence-corrected chi connectivity index (χ3v) is 4.09. The lowest BCUT2D eigenvalue weighted by molar-refractivity contribution is -0.116. The average molecular weight is 378 g/mol. The second-order valence-electron chi connectivity index (χ2n) is 6.38. The van der Waals surface area contributed by atoms with E-state index in [-0.39, 0.29) is 18.2 Å². The van der Waals surface area contributed by atoms with E-state index in [9.17, 15) is 9.90 Å². The van der Waals surface area contributed by atoms with Crippen molar-refractivity contribution in [3.63, 3.8) is 0 Å². The summed E-state index contributed by atoms with van der Waals surface area (Å²) in [5.74, 6) is 0.158. The molecular weight excluding hydrogens is 356 g/mol. The van der Waals surface area contributed by atoms with Crippen molar-refractivity contribution in [1.82, 2.24) is 20.3 Å². The molecule has 1 amide bonds. The van der Waals surface area contributed by atoms with Crippen LogP contribution in [0.4, 0.5) is 0 Å². The van der Waals surface area contributed by atoms with Crippen molar-refractivity contribution >= 4 is 12.0 Å². The lowest BCUT2D eigenvalue weighted by Crippen LogP contribution is -2.20. The van der Waals surface area contributed by atoms with Crippen LogP contribution in [-0.2, 0) is 17.9 Å². The van der Waals surface area contributed by atoms with Crippen LogP contribution in [0.5, 0.6) is 11.5 Å². The second-order valence-corrected chi connectivity index (χ2v) is 6.38. The number of benzene rings is 2. The maximum absolute atomic E-state index is 12.0. The predicted molar refractivity (Wildman–Crippen MR) is 106 cm³/mol.